The molecular formula is C13H12N2O2S. The van der Waals surface area contributed by atoms with Crippen LogP contribution in [0.2, 0.25) is 0 Å². The molecule has 0 spiro atoms. The van der Waals surface area contributed by atoms with Crippen LogP contribution >= 0.6 is 11.3 Å². The number of aromatic carboxylic acids is 1. The van der Waals surface area contributed by atoms with E-state index in [-0.39, 0.29) is 4.88 Å². The Kier molecular flexibility index (Phi) is 2.76. The number of fused-ring (bicyclic) bond motifs is 1. The lowest BCUT2D eigenvalue weighted by Crippen LogP contribution is -2.24. The van der Waals surface area contributed by atoms with Gasteiger partial charge in [0.15, 0.2) is 5.13 Å². The number of carboxylic acids is 1. The molecule has 0 bridgehead atoms. The first-order valence-corrected chi connectivity index (χ1v) is 6.62. The fourth-order valence-electron chi connectivity index (χ4n) is 2.22. The van der Waals surface area contributed by atoms with E-state index in [1.807, 2.05) is 12.1 Å². The summed E-state index contributed by atoms with van der Waals surface area (Å²) in [6.45, 7) is 0.892. The number of anilines is 2. The molecule has 0 fully saturated rings. The fourth-order valence-corrected chi connectivity index (χ4v) is 3.02. The second-order valence-electron chi connectivity index (χ2n) is 4.20. The topological polar surface area (TPSA) is 53.4 Å². The third kappa shape index (κ3) is 1.86. The lowest BCUT2D eigenvalue weighted by Gasteiger charge is -2.28. The Bertz CT molecular complexity index is 594. The molecule has 0 radical (unpaired) electrons. The summed E-state index contributed by atoms with van der Waals surface area (Å²) in [7, 11) is 0. The van der Waals surface area contributed by atoms with Crippen LogP contribution in [0.1, 0.15) is 21.7 Å². The molecule has 18 heavy (non-hydrogen) atoms. The molecule has 0 amide bonds. The van der Waals surface area contributed by atoms with Gasteiger partial charge >= 0.3 is 5.97 Å². The zero-order valence-corrected chi connectivity index (χ0v) is 10.5. The van der Waals surface area contributed by atoms with E-state index in [4.69, 9.17) is 5.11 Å². The van der Waals surface area contributed by atoms with Gasteiger partial charge < -0.3 is 10.0 Å². The van der Waals surface area contributed by atoms with Crippen molar-refractivity contribution in [2.24, 2.45) is 0 Å². The van der Waals surface area contributed by atoms with Crippen molar-refractivity contribution in [1.29, 1.82) is 0 Å². The molecule has 0 aliphatic carbocycles. The molecule has 4 nitrogen and oxygen atoms in total. The highest BCUT2D eigenvalue weighted by atomic mass is 32.1. The number of nitrogens with zero attached hydrogens (tertiary/aromatic N) is 2. The minimum atomic E-state index is -0.913. The molecule has 3 rings (SSSR count). The van der Waals surface area contributed by atoms with Crippen LogP contribution in [0, 0.1) is 0 Å². The number of aryl methyl sites for hydroxylation is 1. The second-order valence-corrected chi connectivity index (χ2v) is 5.21. The molecule has 1 aliphatic rings. The molecule has 2 aromatic rings. The highest BCUT2D eigenvalue weighted by Gasteiger charge is 2.21. The molecule has 1 aromatic carbocycles. The number of benzene rings is 1. The van der Waals surface area contributed by atoms with Crippen molar-refractivity contribution in [2.45, 2.75) is 12.8 Å². The first-order valence-electron chi connectivity index (χ1n) is 5.80. The van der Waals surface area contributed by atoms with E-state index in [1.165, 1.54) is 23.1 Å². The van der Waals surface area contributed by atoms with Gasteiger partial charge in [0.05, 0.1) is 6.20 Å². The number of carboxylic acid groups (broad SMARTS) is 1. The maximum absolute atomic E-state index is 10.9. The Morgan fingerprint density at radius 1 is 1.39 bits per heavy atom. The zero-order valence-electron chi connectivity index (χ0n) is 9.67. The molecule has 1 N–H and O–H groups in total. The quantitative estimate of drug-likeness (QED) is 0.902. The summed E-state index contributed by atoms with van der Waals surface area (Å²) >= 11 is 1.23. The SMILES string of the molecule is O=C(O)c1cnc(N2CCCc3ccccc32)s1. The zero-order chi connectivity index (χ0) is 12.5. The Hall–Kier alpha value is -1.88. The van der Waals surface area contributed by atoms with Gasteiger partial charge in [0.1, 0.15) is 4.88 Å². The molecule has 0 saturated heterocycles. The Labute approximate surface area is 109 Å². The molecule has 0 unspecified atom stereocenters. The minimum absolute atomic E-state index is 0.285. The highest BCUT2D eigenvalue weighted by Crippen LogP contribution is 2.35. The Balaban J connectivity index is 2.00. The van der Waals surface area contributed by atoms with Crippen molar-refractivity contribution < 1.29 is 9.90 Å². The molecule has 1 aliphatic heterocycles. The summed E-state index contributed by atoms with van der Waals surface area (Å²) in [5.41, 5.74) is 2.45. The summed E-state index contributed by atoms with van der Waals surface area (Å²) in [5.74, 6) is -0.913. The average Bonchev–Trinajstić information content (AvgIpc) is 2.87. The number of thiazole rings is 1. The van der Waals surface area contributed by atoms with Crippen LogP contribution in [0.4, 0.5) is 10.8 Å². The Morgan fingerprint density at radius 2 is 2.22 bits per heavy atom. The number of carbonyl (C=O) groups is 1. The molecule has 1 aromatic heterocycles. The summed E-state index contributed by atoms with van der Waals surface area (Å²) in [6, 6.07) is 8.22. The van der Waals surface area contributed by atoms with Gasteiger partial charge in [-0.2, -0.15) is 0 Å². The maximum atomic E-state index is 10.9. The van der Waals surface area contributed by atoms with E-state index in [0.29, 0.717) is 0 Å². The summed E-state index contributed by atoms with van der Waals surface area (Å²) in [5, 5.41) is 9.71. The van der Waals surface area contributed by atoms with Crippen molar-refractivity contribution in [2.75, 3.05) is 11.4 Å². The first-order chi connectivity index (χ1) is 8.75. The number of para-hydroxylation sites is 1. The van der Waals surface area contributed by atoms with Gasteiger partial charge in [-0.1, -0.05) is 29.5 Å². The maximum Gasteiger partial charge on any atom is 0.347 e. The van der Waals surface area contributed by atoms with Crippen LogP contribution in [0.5, 0.6) is 0 Å². The van der Waals surface area contributed by atoms with E-state index in [1.54, 1.807) is 0 Å². The largest absolute Gasteiger partial charge is 0.477 e. The lowest BCUT2D eigenvalue weighted by molar-refractivity contribution is 0.0702. The van der Waals surface area contributed by atoms with E-state index < -0.39 is 5.97 Å². The Morgan fingerprint density at radius 3 is 3.00 bits per heavy atom. The number of aromatic nitrogens is 1. The van der Waals surface area contributed by atoms with Crippen molar-refractivity contribution in [1.82, 2.24) is 4.98 Å². The third-order valence-electron chi connectivity index (χ3n) is 3.05. The third-order valence-corrected chi connectivity index (χ3v) is 4.05. The number of hydrogen-bond donors (Lipinski definition) is 1. The van der Waals surface area contributed by atoms with Crippen LogP contribution in [-0.2, 0) is 6.42 Å². The van der Waals surface area contributed by atoms with Crippen molar-refractivity contribution in [3.63, 3.8) is 0 Å². The van der Waals surface area contributed by atoms with Crippen molar-refractivity contribution in [3.8, 4) is 0 Å². The van der Waals surface area contributed by atoms with Crippen LogP contribution in [-0.4, -0.2) is 22.6 Å². The monoisotopic (exact) mass is 260 g/mol. The predicted octanol–water partition coefficient (Wildman–Crippen LogP) is 2.93. The summed E-state index contributed by atoms with van der Waals surface area (Å²) in [6.07, 6.45) is 3.57. The molecule has 0 saturated carbocycles. The second kappa shape index (κ2) is 4.42. The standard InChI is InChI=1S/C13H12N2O2S/c16-12(17)11-8-14-13(18-11)15-7-3-5-9-4-1-2-6-10(9)15/h1-2,4,6,8H,3,5,7H2,(H,16,17). The smallest absolute Gasteiger partial charge is 0.347 e. The van der Waals surface area contributed by atoms with Gasteiger partial charge in [-0.05, 0) is 24.5 Å². The first kappa shape index (κ1) is 11.2. The number of hydrogen-bond acceptors (Lipinski definition) is 4. The van der Waals surface area contributed by atoms with Gasteiger partial charge in [-0.15, -0.1) is 0 Å². The van der Waals surface area contributed by atoms with Gasteiger partial charge in [-0.25, -0.2) is 9.78 Å². The molecule has 5 heteroatoms. The lowest BCUT2D eigenvalue weighted by atomic mass is 10.0. The minimum Gasteiger partial charge on any atom is -0.477 e. The van der Waals surface area contributed by atoms with E-state index in [0.717, 1.165) is 30.2 Å². The fraction of sp³-hybridized carbons (Fsp3) is 0.231. The van der Waals surface area contributed by atoms with E-state index in [9.17, 15) is 4.79 Å². The van der Waals surface area contributed by atoms with Crippen LogP contribution in [0.15, 0.2) is 30.5 Å². The summed E-state index contributed by atoms with van der Waals surface area (Å²) < 4.78 is 0. The molecular weight excluding hydrogens is 248 g/mol. The normalized spacial score (nSPS) is 14.3. The van der Waals surface area contributed by atoms with Crippen LogP contribution < -0.4 is 4.90 Å². The predicted molar refractivity (Wildman–Crippen MR) is 70.8 cm³/mol. The van der Waals surface area contributed by atoms with Crippen molar-refractivity contribution >= 4 is 28.1 Å². The van der Waals surface area contributed by atoms with Crippen LogP contribution in [0.3, 0.4) is 0 Å². The average molecular weight is 260 g/mol. The molecule has 2 heterocycles. The van der Waals surface area contributed by atoms with Gasteiger partial charge in [0, 0.05) is 12.2 Å². The summed E-state index contributed by atoms with van der Waals surface area (Å²) in [4.78, 5) is 17.5. The van der Waals surface area contributed by atoms with E-state index in [2.05, 4.69) is 22.0 Å². The highest BCUT2D eigenvalue weighted by molar-refractivity contribution is 7.17. The molecule has 92 valence electrons. The van der Waals surface area contributed by atoms with Gasteiger partial charge in [0.25, 0.3) is 0 Å². The molecule has 0 atom stereocenters. The number of rotatable bonds is 2. The van der Waals surface area contributed by atoms with E-state index >= 15 is 0 Å². The van der Waals surface area contributed by atoms with Gasteiger partial charge in [0.2, 0.25) is 0 Å². The van der Waals surface area contributed by atoms with Crippen LogP contribution in [0.25, 0.3) is 0 Å². The van der Waals surface area contributed by atoms with Crippen molar-refractivity contribution in [3.05, 3.63) is 40.9 Å². The van der Waals surface area contributed by atoms with Gasteiger partial charge in [-0.3, -0.25) is 0 Å².